The molecule has 1 amide bonds. The van der Waals surface area contributed by atoms with Crippen LogP contribution in [-0.4, -0.2) is 31.1 Å². The van der Waals surface area contributed by atoms with E-state index >= 15 is 0 Å². The minimum atomic E-state index is -0.0491. The number of ether oxygens (including phenoxy) is 1. The molecule has 0 aromatic carbocycles. The molecule has 19 heavy (non-hydrogen) atoms. The van der Waals surface area contributed by atoms with Crippen molar-refractivity contribution in [2.45, 2.75) is 6.42 Å². The summed E-state index contributed by atoms with van der Waals surface area (Å²) in [4.78, 5) is 20.2. The Morgan fingerprint density at radius 2 is 2.47 bits per heavy atom. The fourth-order valence-corrected chi connectivity index (χ4v) is 2.26. The molecule has 0 N–H and O–H groups in total. The van der Waals surface area contributed by atoms with Crippen molar-refractivity contribution >= 4 is 23.2 Å². The van der Waals surface area contributed by atoms with Crippen molar-refractivity contribution in [3.8, 4) is 5.88 Å². The highest BCUT2D eigenvalue weighted by molar-refractivity contribution is 6.32. The summed E-state index contributed by atoms with van der Waals surface area (Å²) in [6.45, 7) is 0.783. The number of hydrogen-bond acceptors (Lipinski definition) is 4. The number of aromatic nitrogens is 1. The van der Waals surface area contributed by atoms with Crippen molar-refractivity contribution in [1.29, 1.82) is 0 Å². The summed E-state index contributed by atoms with van der Waals surface area (Å²) < 4.78 is 4.96. The van der Waals surface area contributed by atoms with Gasteiger partial charge in [-0.25, -0.2) is 0 Å². The Bertz CT molecular complexity index is 544. The van der Waals surface area contributed by atoms with E-state index in [0.717, 1.165) is 0 Å². The third-order valence-electron chi connectivity index (χ3n) is 2.91. The first-order valence-electron chi connectivity index (χ1n) is 5.67. The van der Waals surface area contributed by atoms with Crippen LogP contribution in [0.5, 0.6) is 5.88 Å². The second-order valence-electron chi connectivity index (χ2n) is 4.15. The van der Waals surface area contributed by atoms with Crippen LogP contribution in [0.3, 0.4) is 0 Å². The van der Waals surface area contributed by atoms with Crippen LogP contribution in [0.1, 0.15) is 6.42 Å². The van der Waals surface area contributed by atoms with Gasteiger partial charge in [-0.3, -0.25) is 4.79 Å². The quantitative estimate of drug-likeness (QED) is 0.367. The van der Waals surface area contributed by atoms with E-state index in [-0.39, 0.29) is 17.0 Å². The predicted octanol–water partition coefficient (Wildman–Crippen LogP) is 2.41. The number of azide groups is 1. The zero-order valence-electron chi connectivity index (χ0n) is 10.3. The Kier molecular flexibility index (Phi) is 4.09. The fraction of sp³-hybridized carbons (Fsp3) is 0.455. The maximum absolute atomic E-state index is 11.9. The number of carbonyl (C=O) groups excluding carboxylic acids is 1. The van der Waals surface area contributed by atoms with E-state index in [1.807, 2.05) is 0 Å². The second kappa shape index (κ2) is 5.77. The van der Waals surface area contributed by atoms with Gasteiger partial charge in [0, 0.05) is 30.5 Å². The smallest absolute Gasteiger partial charge is 0.227 e. The van der Waals surface area contributed by atoms with E-state index in [9.17, 15) is 4.79 Å². The summed E-state index contributed by atoms with van der Waals surface area (Å²) >= 11 is 6.04. The molecular formula is C11H12ClN5O2. The van der Waals surface area contributed by atoms with Gasteiger partial charge in [0.05, 0.1) is 12.8 Å². The van der Waals surface area contributed by atoms with Crippen LogP contribution in [0.4, 0.5) is 5.69 Å². The molecule has 1 aromatic rings. The van der Waals surface area contributed by atoms with Crippen LogP contribution in [-0.2, 0) is 4.79 Å². The Morgan fingerprint density at radius 3 is 3.11 bits per heavy atom. The van der Waals surface area contributed by atoms with Crippen LogP contribution in [0.15, 0.2) is 17.2 Å². The molecule has 7 nitrogen and oxygen atoms in total. The number of pyridine rings is 1. The number of rotatable bonds is 4. The molecule has 0 aliphatic carbocycles. The lowest BCUT2D eigenvalue weighted by atomic mass is 10.1. The van der Waals surface area contributed by atoms with Crippen LogP contribution >= 0.6 is 11.6 Å². The molecule has 0 spiro atoms. The lowest BCUT2D eigenvalue weighted by molar-refractivity contribution is -0.117. The molecular weight excluding hydrogens is 270 g/mol. The number of nitrogens with zero attached hydrogens (tertiary/aromatic N) is 5. The molecule has 0 bridgehead atoms. The Balaban J connectivity index is 2.18. The summed E-state index contributed by atoms with van der Waals surface area (Å²) in [7, 11) is 1.50. The van der Waals surface area contributed by atoms with E-state index in [4.69, 9.17) is 21.9 Å². The molecule has 1 saturated heterocycles. The number of amides is 1. The molecule has 1 unspecified atom stereocenters. The Morgan fingerprint density at radius 1 is 1.68 bits per heavy atom. The van der Waals surface area contributed by atoms with Gasteiger partial charge in [0.1, 0.15) is 0 Å². The molecule has 2 rings (SSSR count). The van der Waals surface area contributed by atoms with Gasteiger partial charge in [0.15, 0.2) is 5.15 Å². The van der Waals surface area contributed by atoms with E-state index in [0.29, 0.717) is 31.1 Å². The summed E-state index contributed by atoms with van der Waals surface area (Å²) in [5, 5.41) is 3.72. The molecule has 0 saturated carbocycles. The van der Waals surface area contributed by atoms with Crippen LogP contribution in [0.2, 0.25) is 5.15 Å². The minimum absolute atomic E-state index is 0.0153. The fourth-order valence-electron chi connectivity index (χ4n) is 2.01. The molecule has 100 valence electrons. The number of anilines is 1. The summed E-state index contributed by atoms with van der Waals surface area (Å²) in [5.74, 6) is 0.361. The van der Waals surface area contributed by atoms with Gasteiger partial charge in [-0.2, -0.15) is 4.98 Å². The monoisotopic (exact) mass is 281 g/mol. The van der Waals surface area contributed by atoms with Crippen molar-refractivity contribution in [3.63, 3.8) is 0 Å². The molecule has 1 aliphatic heterocycles. The normalized spacial score (nSPS) is 18.3. The van der Waals surface area contributed by atoms with Gasteiger partial charge in [0.2, 0.25) is 11.8 Å². The highest BCUT2D eigenvalue weighted by Gasteiger charge is 2.31. The lowest BCUT2D eigenvalue weighted by Gasteiger charge is -2.17. The van der Waals surface area contributed by atoms with E-state index in [2.05, 4.69) is 15.0 Å². The largest absolute Gasteiger partial charge is 0.481 e. The maximum atomic E-state index is 11.9. The number of hydrogen-bond donors (Lipinski definition) is 0. The van der Waals surface area contributed by atoms with E-state index in [1.165, 1.54) is 7.11 Å². The molecule has 1 fully saturated rings. The second-order valence-corrected chi connectivity index (χ2v) is 4.51. The van der Waals surface area contributed by atoms with Gasteiger partial charge in [-0.1, -0.05) is 16.7 Å². The molecule has 8 heteroatoms. The topological polar surface area (TPSA) is 91.2 Å². The first kappa shape index (κ1) is 13.5. The first-order chi connectivity index (χ1) is 9.15. The van der Waals surface area contributed by atoms with Crippen LogP contribution in [0, 0.1) is 5.92 Å². The van der Waals surface area contributed by atoms with Crippen molar-refractivity contribution in [3.05, 3.63) is 27.7 Å². The van der Waals surface area contributed by atoms with Gasteiger partial charge in [-0.15, -0.1) is 0 Å². The molecule has 0 radical (unpaired) electrons. The number of methoxy groups -OCH3 is 1. The van der Waals surface area contributed by atoms with Gasteiger partial charge >= 0.3 is 0 Å². The van der Waals surface area contributed by atoms with E-state index < -0.39 is 0 Å². The zero-order chi connectivity index (χ0) is 13.8. The Hall–Kier alpha value is -1.98. The average Bonchev–Trinajstić information content (AvgIpc) is 2.77. The van der Waals surface area contributed by atoms with E-state index in [1.54, 1.807) is 17.0 Å². The minimum Gasteiger partial charge on any atom is -0.481 e. The van der Waals surface area contributed by atoms with Crippen molar-refractivity contribution in [2.24, 2.45) is 11.0 Å². The third-order valence-corrected chi connectivity index (χ3v) is 3.19. The highest BCUT2D eigenvalue weighted by atomic mass is 35.5. The van der Waals surface area contributed by atoms with Crippen LogP contribution in [0.25, 0.3) is 10.4 Å². The van der Waals surface area contributed by atoms with Gasteiger partial charge in [-0.05, 0) is 17.5 Å². The van der Waals surface area contributed by atoms with Crippen LogP contribution < -0.4 is 9.64 Å². The summed E-state index contributed by atoms with van der Waals surface area (Å²) in [6.07, 6.45) is 0.349. The Labute approximate surface area is 114 Å². The molecule has 1 atom stereocenters. The van der Waals surface area contributed by atoms with Gasteiger partial charge in [0.25, 0.3) is 0 Å². The SMILES string of the molecule is COc1ccc(N2CC(CN=[N+]=[N-])CC2=O)c(Cl)n1. The van der Waals surface area contributed by atoms with Crippen molar-refractivity contribution in [2.75, 3.05) is 25.1 Å². The third kappa shape index (κ3) is 2.89. The van der Waals surface area contributed by atoms with Crippen molar-refractivity contribution < 1.29 is 9.53 Å². The molecule has 1 aliphatic rings. The number of halogens is 1. The number of carbonyl (C=O) groups is 1. The summed E-state index contributed by atoms with van der Waals surface area (Å²) in [5.41, 5.74) is 8.84. The average molecular weight is 282 g/mol. The summed E-state index contributed by atoms with van der Waals surface area (Å²) in [6, 6.07) is 3.34. The van der Waals surface area contributed by atoms with Gasteiger partial charge < -0.3 is 9.64 Å². The zero-order valence-corrected chi connectivity index (χ0v) is 11.0. The standard InChI is InChI=1S/C11H12ClN5O2/c1-19-9-3-2-8(11(12)15-9)17-6-7(4-10(17)18)5-14-16-13/h2-3,7H,4-6H2,1H3. The lowest BCUT2D eigenvalue weighted by Crippen LogP contribution is -2.25. The first-order valence-corrected chi connectivity index (χ1v) is 6.05. The highest BCUT2D eigenvalue weighted by Crippen LogP contribution is 2.31. The van der Waals surface area contributed by atoms with Crippen molar-refractivity contribution in [1.82, 2.24) is 4.98 Å². The maximum Gasteiger partial charge on any atom is 0.227 e. The molecule has 1 aromatic heterocycles. The predicted molar refractivity (Wildman–Crippen MR) is 70.3 cm³/mol. The molecule has 2 heterocycles.